The molecule has 0 saturated heterocycles. The molecule has 0 aliphatic heterocycles. The molecule has 0 radical (unpaired) electrons. The maximum atomic E-state index is 11.8. The first-order valence-corrected chi connectivity index (χ1v) is 4.94. The number of hydrogen-bond acceptors (Lipinski definition) is 4. The van der Waals surface area contributed by atoms with Crippen molar-refractivity contribution in [1.29, 1.82) is 0 Å². The zero-order valence-corrected chi connectivity index (χ0v) is 9.15. The van der Waals surface area contributed by atoms with Gasteiger partial charge in [0, 0.05) is 0 Å². The average molecular weight is 224 g/mol. The van der Waals surface area contributed by atoms with E-state index in [4.69, 9.17) is 5.53 Å². The van der Waals surface area contributed by atoms with Gasteiger partial charge in [-0.1, -0.05) is 0 Å². The summed E-state index contributed by atoms with van der Waals surface area (Å²) in [4.78, 5) is 37.0. The number of carbonyl (C=O) groups excluding carboxylic acids is 3. The van der Waals surface area contributed by atoms with E-state index in [0.717, 1.165) is 0 Å². The third-order valence-corrected chi connectivity index (χ3v) is 2.64. The Labute approximate surface area is 92.2 Å². The standard InChI is InChI=1S/C10H12N2O4/c1-3-16-9(15)7(12-11)8(14)10(4-5-10)6(2)13/h3-5H2,1-2H3. The first-order valence-electron chi connectivity index (χ1n) is 4.94. The maximum Gasteiger partial charge on any atom is 0.442 e. The van der Waals surface area contributed by atoms with E-state index in [1.165, 1.54) is 6.92 Å². The number of ketones is 2. The molecule has 6 nitrogen and oxygen atoms in total. The lowest BCUT2D eigenvalue weighted by Gasteiger charge is -2.05. The summed E-state index contributed by atoms with van der Waals surface area (Å²) in [6.45, 7) is 2.92. The summed E-state index contributed by atoms with van der Waals surface area (Å²) in [7, 11) is 0. The van der Waals surface area contributed by atoms with Gasteiger partial charge in [-0.25, -0.2) is 4.79 Å². The van der Waals surface area contributed by atoms with Crippen molar-refractivity contribution in [2.75, 3.05) is 6.61 Å². The summed E-state index contributed by atoms with van der Waals surface area (Å²) in [6, 6.07) is 0. The van der Waals surface area contributed by atoms with Crippen molar-refractivity contribution in [1.82, 2.24) is 0 Å². The molecule has 0 aromatic heterocycles. The molecule has 0 aromatic carbocycles. The zero-order chi connectivity index (χ0) is 12.3. The van der Waals surface area contributed by atoms with Crippen LogP contribution in [0.3, 0.4) is 0 Å². The summed E-state index contributed by atoms with van der Waals surface area (Å²) in [6.07, 6.45) is 0.777. The highest BCUT2D eigenvalue weighted by atomic mass is 16.5. The molecule has 0 amide bonds. The number of nitrogens with zero attached hydrogens (tertiary/aromatic N) is 2. The minimum absolute atomic E-state index is 0.0677. The van der Waals surface area contributed by atoms with Crippen LogP contribution >= 0.6 is 0 Å². The second-order valence-corrected chi connectivity index (χ2v) is 3.64. The van der Waals surface area contributed by atoms with E-state index in [9.17, 15) is 14.4 Å². The zero-order valence-electron chi connectivity index (χ0n) is 9.15. The number of Topliss-reactive ketones (excluding diaryl/α,β-unsaturated/α-hetero) is 2. The second kappa shape index (κ2) is 4.37. The molecular formula is C10H12N2O4. The van der Waals surface area contributed by atoms with Crippen molar-refractivity contribution in [3.8, 4) is 0 Å². The van der Waals surface area contributed by atoms with Gasteiger partial charge in [-0.15, -0.1) is 0 Å². The van der Waals surface area contributed by atoms with Crippen LogP contribution in [0, 0.1) is 5.41 Å². The molecule has 0 heterocycles. The fourth-order valence-corrected chi connectivity index (χ4v) is 1.47. The Morgan fingerprint density at radius 3 is 2.25 bits per heavy atom. The molecule has 0 spiro atoms. The van der Waals surface area contributed by atoms with E-state index in [-0.39, 0.29) is 12.4 Å². The van der Waals surface area contributed by atoms with Crippen LogP contribution in [-0.4, -0.2) is 34.6 Å². The van der Waals surface area contributed by atoms with Crippen LogP contribution in [0.4, 0.5) is 0 Å². The molecule has 1 rings (SSSR count). The molecule has 0 aromatic rings. The van der Waals surface area contributed by atoms with Crippen LogP contribution in [-0.2, 0) is 19.1 Å². The fourth-order valence-electron chi connectivity index (χ4n) is 1.47. The molecule has 1 aliphatic carbocycles. The Morgan fingerprint density at radius 1 is 1.38 bits per heavy atom. The third kappa shape index (κ3) is 1.92. The summed E-state index contributed by atoms with van der Waals surface area (Å²) in [5, 5.41) is 0. The molecule has 86 valence electrons. The van der Waals surface area contributed by atoms with E-state index >= 15 is 0 Å². The van der Waals surface area contributed by atoms with Gasteiger partial charge < -0.3 is 10.3 Å². The number of ether oxygens (including phenoxy) is 1. The SMILES string of the molecule is CCOC(=O)C(=[N+]=[N-])C(=O)C1(C(C)=O)CC1. The average Bonchev–Trinajstić information content (AvgIpc) is 2.99. The molecule has 0 unspecified atom stereocenters. The molecular weight excluding hydrogens is 212 g/mol. The van der Waals surface area contributed by atoms with Gasteiger partial charge in [0.1, 0.15) is 5.78 Å². The van der Waals surface area contributed by atoms with Crippen molar-refractivity contribution >= 4 is 23.2 Å². The van der Waals surface area contributed by atoms with Gasteiger partial charge in [-0.3, -0.25) is 9.59 Å². The molecule has 1 aliphatic rings. The lowest BCUT2D eigenvalue weighted by molar-refractivity contribution is -0.143. The van der Waals surface area contributed by atoms with Gasteiger partial charge in [-0.05, 0) is 26.7 Å². The topological polar surface area (TPSA) is 96.8 Å². The predicted molar refractivity (Wildman–Crippen MR) is 52.6 cm³/mol. The molecule has 16 heavy (non-hydrogen) atoms. The Kier molecular flexibility index (Phi) is 3.34. The lowest BCUT2D eigenvalue weighted by Crippen LogP contribution is -2.36. The molecule has 0 atom stereocenters. The Balaban J connectivity index is 2.92. The Hall–Kier alpha value is -1.81. The quantitative estimate of drug-likeness (QED) is 0.218. The van der Waals surface area contributed by atoms with Gasteiger partial charge in [0.2, 0.25) is 0 Å². The van der Waals surface area contributed by atoms with Gasteiger partial charge in [0.05, 0.1) is 12.0 Å². The summed E-state index contributed by atoms with van der Waals surface area (Å²) in [5.74, 6) is -2.06. The Bertz CT molecular complexity index is 403. The molecule has 1 fully saturated rings. The first kappa shape index (κ1) is 12.3. The largest absolute Gasteiger partial charge is 0.457 e. The second-order valence-electron chi connectivity index (χ2n) is 3.64. The monoisotopic (exact) mass is 224 g/mol. The highest BCUT2D eigenvalue weighted by Crippen LogP contribution is 2.47. The highest BCUT2D eigenvalue weighted by Gasteiger charge is 2.59. The smallest absolute Gasteiger partial charge is 0.442 e. The van der Waals surface area contributed by atoms with Gasteiger partial charge >= 0.3 is 11.7 Å². The van der Waals surface area contributed by atoms with Crippen molar-refractivity contribution in [3.05, 3.63) is 5.53 Å². The van der Waals surface area contributed by atoms with Gasteiger partial charge in [0.15, 0.2) is 0 Å². The molecule has 0 N–H and O–H groups in total. The summed E-state index contributed by atoms with van der Waals surface area (Å²) >= 11 is 0. The molecule has 6 heteroatoms. The van der Waals surface area contributed by atoms with Crippen molar-refractivity contribution < 1.29 is 23.9 Å². The fraction of sp³-hybridized carbons (Fsp3) is 0.600. The van der Waals surface area contributed by atoms with E-state index < -0.39 is 22.9 Å². The molecule has 0 bridgehead atoms. The van der Waals surface area contributed by atoms with Gasteiger partial charge in [0.25, 0.3) is 5.78 Å². The number of carbonyl (C=O) groups is 3. The van der Waals surface area contributed by atoms with E-state index in [0.29, 0.717) is 12.8 Å². The lowest BCUT2D eigenvalue weighted by atomic mass is 9.93. The minimum Gasteiger partial charge on any atom is -0.457 e. The highest BCUT2D eigenvalue weighted by molar-refractivity contribution is 6.65. The summed E-state index contributed by atoms with van der Waals surface area (Å²) < 4.78 is 4.56. The maximum absolute atomic E-state index is 11.8. The third-order valence-electron chi connectivity index (χ3n) is 2.64. The van der Waals surface area contributed by atoms with Crippen molar-refractivity contribution in [2.24, 2.45) is 5.41 Å². The van der Waals surface area contributed by atoms with Crippen molar-refractivity contribution in [3.63, 3.8) is 0 Å². The van der Waals surface area contributed by atoms with Crippen molar-refractivity contribution in [2.45, 2.75) is 26.7 Å². The summed E-state index contributed by atoms with van der Waals surface area (Å²) in [5.41, 5.74) is 6.76. The van der Waals surface area contributed by atoms with Gasteiger partial charge in [-0.2, -0.15) is 4.79 Å². The van der Waals surface area contributed by atoms with Crippen LogP contribution in [0.2, 0.25) is 0 Å². The number of esters is 1. The van der Waals surface area contributed by atoms with E-state index in [1.807, 2.05) is 0 Å². The minimum atomic E-state index is -1.16. The van der Waals surface area contributed by atoms with Crippen LogP contribution in [0.25, 0.3) is 5.53 Å². The van der Waals surface area contributed by atoms with E-state index in [2.05, 4.69) is 9.53 Å². The van der Waals surface area contributed by atoms with E-state index in [1.54, 1.807) is 6.92 Å². The number of rotatable bonds is 5. The Morgan fingerprint density at radius 2 is 1.94 bits per heavy atom. The predicted octanol–water partition coefficient (Wildman–Crippen LogP) is 0.159. The molecule has 1 saturated carbocycles. The number of hydrogen-bond donors (Lipinski definition) is 0. The first-order chi connectivity index (χ1) is 7.49. The van der Waals surface area contributed by atoms with Crippen LogP contribution in [0.5, 0.6) is 0 Å². The normalized spacial score (nSPS) is 15.9. The van der Waals surface area contributed by atoms with Crippen LogP contribution in [0.15, 0.2) is 0 Å². The van der Waals surface area contributed by atoms with Crippen LogP contribution in [0.1, 0.15) is 26.7 Å². The van der Waals surface area contributed by atoms with Crippen LogP contribution < -0.4 is 0 Å².